The van der Waals surface area contributed by atoms with Crippen molar-refractivity contribution in [3.05, 3.63) is 23.4 Å². The Morgan fingerprint density at radius 3 is 2.55 bits per heavy atom. The van der Waals surface area contributed by atoms with E-state index in [0.29, 0.717) is 11.3 Å². The predicted molar refractivity (Wildman–Crippen MR) is 67.5 cm³/mol. The number of alkyl halides is 3. The Labute approximate surface area is 114 Å². The molecule has 0 spiro atoms. The Balaban J connectivity index is 2.50. The SMILES string of the molecule is CC(C)NC(=O)C1=CC=C(CNC(O)C(F)(F)F)CN1. The minimum Gasteiger partial charge on any atom is -0.377 e. The maximum absolute atomic E-state index is 12.1. The van der Waals surface area contributed by atoms with Crippen LogP contribution in [0.3, 0.4) is 0 Å². The van der Waals surface area contributed by atoms with Crippen molar-refractivity contribution in [1.82, 2.24) is 16.0 Å². The zero-order valence-electron chi connectivity index (χ0n) is 11.2. The fourth-order valence-electron chi connectivity index (χ4n) is 1.49. The molecule has 1 amide bonds. The fourth-order valence-corrected chi connectivity index (χ4v) is 1.49. The molecule has 5 nitrogen and oxygen atoms in total. The number of allylic oxidation sites excluding steroid dienone is 2. The van der Waals surface area contributed by atoms with Crippen molar-refractivity contribution in [1.29, 1.82) is 0 Å². The van der Waals surface area contributed by atoms with E-state index in [9.17, 15) is 18.0 Å². The van der Waals surface area contributed by atoms with E-state index in [-0.39, 0.29) is 25.0 Å². The summed E-state index contributed by atoms with van der Waals surface area (Å²) in [6.45, 7) is 3.77. The molecule has 1 rings (SSSR count). The summed E-state index contributed by atoms with van der Waals surface area (Å²) in [7, 11) is 0. The van der Waals surface area contributed by atoms with Crippen LogP contribution in [-0.2, 0) is 4.79 Å². The molecule has 1 heterocycles. The van der Waals surface area contributed by atoms with Crippen LogP contribution in [0.4, 0.5) is 13.2 Å². The van der Waals surface area contributed by atoms with Crippen LogP contribution in [0.5, 0.6) is 0 Å². The van der Waals surface area contributed by atoms with Crippen molar-refractivity contribution in [3.63, 3.8) is 0 Å². The number of dihydropyridines is 1. The average Bonchev–Trinajstić information content (AvgIpc) is 2.34. The van der Waals surface area contributed by atoms with Gasteiger partial charge in [0.15, 0.2) is 0 Å². The average molecular weight is 293 g/mol. The lowest BCUT2D eigenvalue weighted by Gasteiger charge is -2.20. The van der Waals surface area contributed by atoms with Gasteiger partial charge in [0.25, 0.3) is 5.91 Å². The first-order chi connectivity index (χ1) is 9.20. The van der Waals surface area contributed by atoms with Crippen molar-refractivity contribution in [2.75, 3.05) is 13.1 Å². The predicted octanol–water partition coefficient (Wildman–Crippen LogP) is 0.395. The Morgan fingerprint density at radius 1 is 1.45 bits per heavy atom. The van der Waals surface area contributed by atoms with Gasteiger partial charge in [-0.1, -0.05) is 6.08 Å². The van der Waals surface area contributed by atoms with E-state index < -0.39 is 12.4 Å². The minimum atomic E-state index is -4.69. The van der Waals surface area contributed by atoms with Gasteiger partial charge in [0.1, 0.15) is 5.70 Å². The number of carbonyl (C=O) groups is 1. The molecule has 0 aromatic carbocycles. The molecule has 0 aromatic heterocycles. The molecule has 1 atom stereocenters. The van der Waals surface area contributed by atoms with Crippen LogP contribution in [0, 0.1) is 0 Å². The van der Waals surface area contributed by atoms with Gasteiger partial charge in [-0.3, -0.25) is 10.1 Å². The van der Waals surface area contributed by atoms with Gasteiger partial charge in [0, 0.05) is 19.1 Å². The molecule has 0 saturated carbocycles. The molecule has 0 aromatic rings. The van der Waals surface area contributed by atoms with Gasteiger partial charge in [-0.05, 0) is 25.5 Å². The van der Waals surface area contributed by atoms with E-state index in [1.807, 2.05) is 19.2 Å². The summed E-state index contributed by atoms with van der Waals surface area (Å²) in [5.41, 5.74) is 0.966. The molecule has 1 aliphatic heterocycles. The zero-order valence-corrected chi connectivity index (χ0v) is 11.2. The zero-order chi connectivity index (χ0) is 15.3. The molecule has 1 aliphatic rings. The summed E-state index contributed by atoms with van der Waals surface area (Å²) in [6.07, 6.45) is -4.20. The van der Waals surface area contributed by atoms with Crippen LogP contribution in [0.15, 0.2) is 23.4 Å². The highest BCUT2D eigenvalue weighted by molar-refractivity contribution is 5.93. The third kappa shape index (κ3) is 5.22. The molecular weight excluding hydrogens is 275 g/mol. The smallest absolute Gasteiger partial charge is 0.377 e. The monoisotopic (exact) mass is 293 g/mol. The third-order valence-electron chi connectivity index (χ3n) is 2.49. The second-order valence-corrected chi connectivity index (χ2v) is 4.71. The van der Waals surface area contributed by atoms with Crippen molar-refractivity contribution in [2.24, 2.45) is 0 Å². The highest BCUT2D eigenvalue weighted by Crippen LogP contribution is 2.18. The lowest BCUT2D eigenvalue weighted by molar-refractivity contribution is -0.212. The first kappa shape index (κ1) is 16.5. The maximum Gasteiger partial charge on any atom is 0.427 e. The van der Waals surface area contributed by atoms with Gasteiger partial charge < -0.3 is 15.7 Å². The Kier molecular flexibility index (Phi) is 5.58. The Bertz CT molecular complexity index is 417. The summed E-state index contributed by atoms with van der Waals surface area (Å²) < 4.78 is 36.2. The van der Waals surface area contributed by atoms with Gasteiger partial charge in [-0.25, -0.2) is 0 Å². The Hall–Kier alpha value is -1.54. The van der Waals surface area contributed by atoms with Crippen molar-refractivity contribution >= 4 is 5.91 Å². The van der Waals surface area contributed by atoms with Gasteiger partial charge in [0.05, 0.1) is 0 Å². The maximum atomic E-state index is 12.1. The number of hydrogen-bond donors (Lipinski definition) is 4. The fraction of sp³-hybridized carbons (Fsp3) is 0.583. The van der Waals surface area contributed by atoms with Gasteiger partial charge in [-0.2, -0.15) is 13.2 Å². The molecule has 4 N–H and O–H groups in total. The number of aliphatic hydroxyl groups is 1. The van der Waals surface area contributed by atoms with E-state index in [1.54, 1.807) is 6.08 Å². The number of aliphatic hydroxyl groups excluding tert-OH is 1. The first-order valence-electron chi connectivity index (χ1n) is 6.12. The summed E-state index contributed by atoms with van der Waals surface area (Å²) in [6, 6.07) is -0.000763. The topological polar surface area (TPSA) is 73.4 Å². The lowest BCUT2D eigenvalue weighted by atomic mass is 10.1. The normalized spacial score (nSPS) is 17.1. The van der Waals surface area contributed by atoms with E-state index in [4.69, 9.17) is 5.11 Å². The number of rotatable bonds is 5. The number of hydrogen-bond acceptors (Lipinski definition) is 4. The number of halogens is 3. The molecule has 0 radical (unpaired) electrons. The van der Waals surface area contributed by atoms with Crippen LogP contribution in [-0.4, -0.2) is 42.5 Å². The molecule has 0 saturated heterocycles. The molecule has 8 heteroatoms. The quantitative estimate of drug-likeness (QED) is 0.554. The number of nitrogens with one attached hydrogen (secondary N) is 3. The minimum absolute atomic E-state index is 0.000763. The summed E-state index contributed by atoms with van der Waals surface area (Å²) >= 11 is 0. The number of amides is 1. The summed E-state index contributed by atoms with van der Waals surface area (Å²) in [5, 5.41) is 16.3. The first-order valence-corrected chi connectivity index (χ1v) is 6.12. The Morgan fingerprint density at radius 2 is 2.10 bits per heavy atom. The molecule has 20 heavy (non-hydrogen) atoms. The van der Waals surface area contributed by atoms with Crippen molar-refractivity contribution in [3.8, 4) is 0 Å². The van der Waals surface area contributed by atoms with E-state index in [2.05, 4.69) is 10.6 Å². The van der Waals surface area contributed by atoms with Crippen LogP contribution < -0.4 is 16.0 Å². The molecular formula is C12H18F3N3O2. The van der Waals surface area contributed by atoms with Crippen LogP contribution in [0.2, 0.25) is 0 Å². The van der Waals surface area contributed by atoms with Crippen LogP contribution in [0.25, 0.3) is 0 Å². The third-order valence-corrected chi connectivity index (χ3v) is 2.49. The second-order valence-electron chi connectivity index (χ2n) is 4.71. The van der Waals surface area contributed by atoms with Crippen LogP contribution in [0.1, 0.15) is 13.8 Å². The molecule has 0 bridgehead atoms. The van der Waals surface area contributed by atoms with Crippen molar-refractivity contribution < 1.29 is 23.1 Å². The highest BCUT2D eigenvalue weighted by atomic mass is 19.4. The van der Waals surface area contributed by atoms with Crippen LogP contribution >= 0.6 is 0 Å². The highest BCUT2D eigenvalue weighted by Gasteiger charge is 2.37. The van der Waals surface area contributed by atoms with Crippen molar-refractivity contribution in [2.45, 2.75) is 32.3 Å². The summed E-state index contributed by atoms with van der Waals surface area (Å²) in [4.78, 5) is 11.6. The molecule has 0 fully saturated rings. The van der Waals surface area contributed by atoms with Gasteiger partial charge in [-0.15, -0.1) is 0 Å². The second kappa shape index (κ2) is 6.76. The van der Waals surface area contributed by atoms with Gasteiger partial charge >= 0.3 is 6.18 Å². The van der Waals surface area contributed by atoms with E-state index in [1.165, 1.54) is 6.08 Å². The molecule has 1 unspecified atom stereocenters. The standard InChI is InChI=1S/C12H18F3N3O2/c1-7(2)18-10(19)9-4-3-8(5-16-9)6-17-11(20)12(13,14)15/h3-4,7,11,16-17,20H,5-6H2,1-2H3,(H,18,19). The van der Waals surface area contributed by atoms with E-state index in [0.717, 1.165) is 0 Å². The summed E-state index contributed by atoms with van der Waals surface area (Å²) in [5.74, 6) is -0.265. The van der Waals surface area contributed by atoms with E-state index >= 15 is 0 Å². The number of carbonyl (C=O) groups excluding carboxylic acids is 1. The lowest BCUT2D eigenvalue weighted by Crippen LogP contribution is -2.44. The molecule has 0 aliphatic carbocycles. The largest absolute Gasteiger partial charge is 0.427 e. The van der Waals surface area contributed by atoms with Gasteiger partial charge in [0.2, 0.25) is 6.23 Å². The molecule has 114 valence electrons.